The maximum absolute atomic E-state index is 11.4. The Morgan fingerprint density at radius 2 is 2.23 bits per heavy atom. The van der Waals surface area contributed by atoms with E-state index in [1.165, 1.54) is 7.11 Å². The zero-order chi connectivity index (χ0) is 9.59. The quantitative estimate of drug-likeness (QED) is 0.569. The molecule has 0 heterocycles. The van der Waals surface area contributed by atoms with Crippen molar-refractivity contribution >= 4 is 11.8 Å². The second-order valence-electron chi connectivity index (χ2n) is 4.18. The molecule has 0 amide bonds. The summed E-state index contributed by atoms with van der Waals surface area (Å²) < 4.78 is 4.71. The summed E-state index contributed by atoms with van der Waals surface area (Å²) in [5.41, 5.74) is 0. The van der Waals surface area contributed by atoms with Crippen molar-refractivity contribution in [3.05, 3.63) is 0 Å². The molecule has 4 atom stereocenters. The molecule has 72 valence electrons. The van der Waals surface area contributed by atoms with Crippen molar-refractivity contribution in [3.8, 4) is 0 Å². The van der Waals surface area contributed by atoms with Gasteiger partial charge in [0.2, 0.25) is 0 Å². The zero-order valence-corrected chi connectivity index (χ0v) is 7.95. The van der Waals surface area contributed by atoms with Gasteiger partial charge in [-0.25, -0.2) is 0 Å². The molecule has 0 saturated heterocycles. The van der Waals surface area contributed by atoms with Crippen LogP contribution in [0.2, 0.25) is 0 Å². The fourth-order valence-corrected chi connectivity index (χ4v) is 2.87. The number of ketones is 1. The van der Waals surface area contributed by atoms with Crippen LogP contribution in [0, 0.1) is 23.7 Å². The van der Waals surface area contributed by atoms with Crippen molar-refractivity contribution in [3.63, 3.8) is 0 Å². The van der Waals surface area contributed by atoms with Crippen LogP contribution in [-0.2, 0) is 14.3 Å². The highest BCUT2D eigenvalue weighted by Crippen LogP contribution is 2.50. The summed E-state index contributed by atoms with van der Waals surface area (Å²) in [5.74, 6) is 0.631. The van der Waals surface area contributed by atoms with Crippen molar-refractivity contribution in [2.45, 2.75) is 19.8 Å². The lowest BCUT2D eigenvalue weighted by Crippen LogP contribution is -2.33. The third kappa shape index (κ3) is 1.10. The first-order valence-electron chi connectivity index (χ1n) is 4.75. The highest BCUT2D eigenvalue weighted by molar-refractivity contribution is 5.90. The summed E-state index contributed by atoms with van der Waals surface area (Å²) >= 11 is 0. The number of fused-ring (bicyclic) bond motifs is 2. The lowest BCUT2D eigenvalue weighted by atomic mass is 9.80. The van der Waals surface area contributed by atoms with Crippen molar-refractivity contribution in [2.24, 2.45) is 23.7 Å². The first kappa shape index (κ1) is 8.73. The van der Waals surface area contributed by atoms with Crippen molar-refractivity contribution in [1.82, 2.24) is 0 Å². The zero-order valence-electron chi connectivity index (χ0n) is 7.95. The molecule has 0 aromatic rings. The molecular weight excluding hydrogens is 168 g/mol. The predicted octanol–water partition coefficient (Wildman–Crippen LogP) is 1.02. The van der Waals surface area contributed by atoms with Gasteiger partial charge in [0.05, 0.1) is 13.0 Å². The second kappa shape index (κ2) is 2.82. The number of hydrogen-bond acceptors (Lipinski definition) is 3. The lowest BCUT2D eigenvalue weighted by Gasteiger charge is -2.24. The van der Waals surface area contributed by atoms with E-state index in [4.69, 9.17) is 4.74 Å². The van der Waals surface area contributed by atoms with Gasteiger partial charge in [0.15, 0.2) is 0 Å². The molecule has 0 aliphatic heterocycles. The van der Waals surface area contributed by atoms with E-state index < -0.39 is 0 Å². The summed E-state index contributed by atoms with van der Waals surface area (Å²) in [4.78, 5) is 22.8. The number of esters is 1. The van der Waals surface area contributed by atoms with Crippen LogP contribution < -0.4 is 0 Å². The third-order valence-electron chi connectivity index (χ3n) is 3.65. The van der Waals surface area contributed by atoms with Gasteiger partial charge in [-0.15, -0.1) is 0 Å². The average molecular weight is 182 g/mol. The van der Waals surface area contributed by atoms with Crippen molar-refractivity contribution in [1.29, 1.82) is 0 Å². The number of Topliss-reactive ketones (excluding diaryl/α,β-unsaturated/α-hetero) is 1. The van der Waals surface area contributed by atoms with E-state index in [0.717, 1.165) is 6.42 Å². The van der Waals surface area contributed by atoms with Crippen LogP contribution in [0.15, 0.2) is 0 Å². The molecule has 0 aromatic carbocycles. The molecule has 2 bridgehead atoms. The molecular formula is C10H14O3. The van der Waals surface area contributed by atoms with E-state index in [2.05, 4.69) is 6.92 Å². The number of methoxy groups -OCH3 is 1. The first-order valence-corrected chi connectivity index (χ1v) is 4.75. The minimum absolute atomic E-state index is 0.0348. The summed E-state index contributed by atoms with van der Waals surface area (Å²) in [6.45, 7) is 2.05. The first-order chi connectivity index (χ1) is 6.15. The lowest BCUT2D eigenvalue weighted by molar-refractivity contribution is -0.151. The Labute approximate surface area is 77.4 Å². The summed E-state index contributed by atoms with van der Waals surface area (Å²) in [5, 5.41) is 0. The van der Waals surface area contributed by atoms with E-state index >= 15 is 0 Å². The highest BCUT2D eigenvalue weighted by atomic mass is 16.5. The fraction of sp³-hybridized carbons (Fsp3) is 0.800. The van der Waals surface area contributed by atoms with Crippen molar-refractivity contribution < 1.29 is 14.3 Å². The minimum Gasteiger partial charge on any atom is -0.469 e. The minimum atomic E-state index is -0.201. The maximum atomic E-state index is 11.4. The van der Waals surface area contributed by atoms with Gasteiger partial charge in [-0.05, 0) is 18.3 Å². The summed E-state index contributed by atoms with van der Waals surface area (Å²) in [7, 11) is 1.39. The molecule has 13 heavy (non-hydrogen) atoms. The van der Waals surface area contributed by atoms with Gasteiger partial charge in [-0.3, -0.25) is 9.59 Å². The van der Waals surface area contributed by atoms with E-state index in [1.54, 1.807) is 0 Å². The van der Waals surface area contributed by atoms with Crippen LogP contribution in [-0.4, -0.2) is 18.9 Å². The SMILES string of the molecule is COC(=O)[C@H]1[C@@H](C)[C@@H]2CC(=O)[C@H]1C2. The third-order valence-corrected chi connectivity index (χ3v) is 3.65. The number of carbonyl (C=O) groups excluding carboxylic acids is 2. The van der Waals surface area contributed by atoms with E-state index in [9.17, 15) is 9.59 Å². The monoisotopic (exact) mass is 182 g/mol. The van der Waals surface area contributed by atoms with E-state index in [-0.39, 0.29) is 23.6 Å². The molecule has 3 heteroatoms. The molecule has 3 nitrogen and oxygen atoms in total. The Hall–Kier alpha value is -0.860. The molecule has 2 saturated carbocycles. The Bertz CT molecular complexity index is 259. The molecule has 0 unspecified atom stereocenters. The topological polar surface area (TPSA) is 43.4 Å². The number of rotatable bonds is 1. The van der Waals surface area contributed by atoms with Gasteiger partial charge in [0, 0.05) is 12.3 Å². The molecule has 2 aliphatic rings. The number of hydrogen-bond donors (Lipinski definition) is 0. The van der Waals surface area contributed by atoms with Crippen LogP contribution in [0.25, 0.3) is 0 Å². The Morgan fingerprint density at radius 3 is 2.77 bits per heavy atom. The van der Waals surface area contributed by atoms with Gasteiger partial charge >= 0.3 is 5.97 Å². The van der Waals surface area contributed by atoms with Gasteiger partial charge < -0.3 is 4.74 Å². The molecule has 0 radical (unpaired) electrons. The molecule has 0 N–H and O–H groups in total. The van der Waals surface area contributed by atoms with Crippen LogP contribution >= 0.6 is 0 Å². The average Bonchev–Trinajstić information content (AvgIpc) is 2.60. The van der Waals surface area contributed by atoms with Gasteiger partial charge in [0.25, 0.3) is 0 Å². The molecule has 2 rings (SSSR count). The van der Waals surface area contributed by atoms with Crippen molar-refractivity contribution in [2.75, 3.05) is 7.11 Å². The Balaban J connectivity index is 2.20. The van der Waals surface area contributed by atoms with Crippen LogP contribution in [0.1, 0.15) is 19.8 Å². The van der Waals surface area contributed by atoms with Crippen LogP contribution in [0.4, 0.5) is 0 Å². The predicted molar refractivity (Wildman–Crippen MR) is 45.9 cm³/mol. The van der Waals surface area contributed by atoms with Gasteiger partial charge in [-0.1, -0.05) is 6.92 Å². The maximum Gasteiger partial charge on any atom is 0.309 e. The molecule has 2 aliphatic carbocycles. The van der Waals surface area contributed by atoms with Gasteiger partial charge in [-0.2, -0.15) is 0 Å². The molecule has 2 fully saturated rings. The van der Waals surface area contributed by atoms with E-state index in [0.29, 0.717) is 18.3 Å². The normalized spacial score (nSPS) is 42.5. The van der Waals surface area contributed by atoms with Crippen LogP contribution in [0.3, 0.4) is 0 Å². The van der Waals surface area contributed by atoms with Crippen LogP contribution in [0.5, 0.6) is 0 Å². The smallest absolute Gasteiger partial charge is 0.309 e. The highest BCUT2D eigenvalue weighted by Gasteiger charge is 2.53. The van der Waals surface area contributed by atoms with Gasteiger partial charge in [0.1, 0.15) is 5.78 Å². The molecule has 0 spiro atoms. The summed E-state index contributed by atoms with van der Waals surface area (Å²) in [6, 6.07) is 0. The summed E-state index contributed by atoms with van der Waals surface area (Å²) in [6.07, 6.45) is 1.58. The molecule has 0 aromatic heterocycles. The number of ether oxygens (including phenoxy) is 1. The number of carbonyl (C=O) groups is 2. The van der Waals surface area contributed by atoms with E-state index in [1.807, 2.05) is 0 Å². The standard InChI is InChI=1S/C10H14O3/c1-5-6-3-7(8(11)4-6)9(5)10(12)13-2/h5-7,9H,3-4H2,1-2H3/t5-,6-,7+,9-/m0/s1. The fourth-order valence-electron chi connectivity index (χ4n) is 2.87. The Morgan fingerprint density at radius 1 is 1.54 bits per heavy atom. The largest absolute Gasteiger partial charge is 0.469 e. The Kier molecular flexibility index (Phi) is 1.90. The second-order valence-corrected chi connectivity index (χ2v) is 4.18.